The van der Waals surface area contributed by atoms with Gasteiger partial charge in [-0.1, -0.05) is 6.92 Å². The predicted octanol–water partition coefficient (Wildman–Crippen LogP) is 3.75. The number of carbonyl (C=O) groups is 1. The molecule has 2 heterocycles. The van der Waals surface area contributed by atoms with Crippen molar-refractivity contribution in [2.24, 2.45) is 5.73 Å². The molecule has 146 valence electrons. The number of nitrogens with one attached hydrogen (secondary N) is 2. The zero-order chi connectivity index (χ0) is 20.0. The highest BCUT2D eigenvalue weighted by molar-refractivity contribution is 5.96. The van der Waals surface area contributed by atoms with Crippen LogP contribution >= 0.6 is 0 Å². The van der Waals surface area contributed by atoms with Gasteiger partial charge in [0.25, 0.3) is 0 Å². The van der Waals surface area contributed by atoms with Crippen LogP contribution in [0, 0.1) is 12.7 Å². The minimum atomic E-state index is -1.11. The first-order chi connectivity index (χ1) is 13.4. The number of hydrogen-bond donors (Lipinski definition) is 4. The van der Waals surface area contributed by atoms with E-state index in [9.17, 15) is 14.3 Å². The Morgan fingerprint density at radius 1 is 1.43 bits per heavy atom. The average molecular weight is 383 g/mol. The molecule has 3 aromatic rings. The zero-order valence-corrected chi connectivity index (χ0v) is 15.7. The highest BCUT2D eigenvalue weighted by Crippen LogP contribution is 2.34. The number of rotatable bonds is 6. The van der Waals surface area contributed by atoms with Crippen LogP contribution in [0.15, 0.2) is 18.2 Å². The molecule has 1 unspecified atom stereocenters. The van der Waals surface area contributed by atoms with Crippen molar-refractivity contribution in [2.45, 2.75) is 45.2 Å². The van der Waals surface area contributed by atoms with Crippen LogP contribution < -0.4 is 11.1 Å². The molecule has 0 spiro atoms. The number of hydrogen-bond acceptors (Lipinski definition) is 5. The summed E-state index contributed by atoms with van der Waals surface area (Å²) in [6, 6.07) is 4.20. The molecule has 7 nitrogen and oxygen atoms in total. The number of aryl methyl sites for hydroxylation is 1. The van der Waals surface area contributed by atoms with Crippen molar-refractivity contribution in [3.63, 3.8) is 0 Å². The van der Waals surface area contributed by atoms with Gasteiger partial charge in [0.05, 0.1) is 28.0 Å². The monoisotopic (exact) mass is 383 g/mol. The van der Waals surface area contributed by atoms with Gasteiger partial charge >= 0.3 is 5.97 Å². The minimum absolute atomic E-state index is 0.0390. The number of carboxylic acid groups (broad SMARTS) is 1. The maximum absolute atomic E-state index is 14.9. The molecule has 1 aliphatic rings. The normalized spacial score (nSPS) is 15.0. The van der Waals surface area contributed by atoms with Crippen molar-refractivity contribution in [3.05, 3.63) is 41.0 Å². The van der Waals surface area contributed by atoms with Crippen molar-refractivity contribution in [1.29, 1.82) is 0 Å². The Balaban J connectivity index is 1.92. The summed E-state index contributed by atoms with van der Waals surface area (Å²) < 4.78 is 14.9. The highest BCUT2D eigenvalue weighted by Gasteiger charge is 2.25. The molecule has 1 fully saturated rings. The third kappa shape index (κ3) is 3.20. The molecule has 0 amide bonds. The second kappa shape index (κ2) is 6.87. The van der Waals surface area contributed by atoms with Crippen LogP contribution in [-0.2, 0) is 0 Å². The smallest absolute Gasteiger partial charge is 0.337 e. The summed E-state index contributed by atoms with van der Waals surface area (Å²) in [5, 5.41) is 12.8. The van der Waals surface area contributed by atoms with Gasteiger partial charge in [-0.15, -0.1) is 0 Å². The summed E-state index contributed by atoms with van der Waals surface area (Å²) in [6.07, 6.45) is 2.70. The molecule has 28 heavy (non-hydrogen) atoms. The molecular formula is C20H22FN5O2. The number of halogens is 1. The molecule has 4 rings (SSSR count). The number of nitrogens with zero attached hydrogens (tertiary/aromatic N) is 2. The Morgan fingerprint density at radius 3 is 2.82 bits per heavy atom. The number of fused-ring (bicyclic) bond motifs is 1. The number of benzene rings is 1. The fourth-order valence-corrected chi connectivity index (χ4v) is 3.28. The molecule has 5 N–H and O–H groups in total. The fraction of sp³-hybridized carbons (Fsp3) is 0.350. The van der Waals surface area contributed by atoms with Gasteiger partial charge < -0.3 is 21.1 Å². The first-order valence-corrected chi connectivity index (χ1v) is 9.34. The first-order valence-electron chi connectivity index (χ1n) is 9.34. The number of nitrogens with two attached hydrogens (primary N) is 1. The summed E-state index contributed by atoms with van der Waals surface area (Å²) in [5.41, 5.74) is 8.65. The zero-order valence-electron chi connectivity index (χ0n) is 15.7. The molecule has 1 saturated carbocycles. The maximum atomic E-state index is 14.9. The summed E-state index contributed by atoms with van der Waals surface area (Å²) in [4.78, 5) is 23.9. The van der Waals surface area contributed by atoms with Gasteiger partial charge in [-0.3, -0.25) is 0 Å². The fourth-order valence-electron chi connectivity index (χ4n) is 3.28. The number of anilines is 1. The molecular weight excluding hydrogens is 361 g/mol. The van der Waals surface area contributed by atoms with E-state index in [1.807, 2.05) is 13.8 Å². The van der Waals surface area contributed by atoms with Crippen molar-refractivity contribution < 1.29 is 14.3 Å². The number of carboxylic acids is 1. The lowest BCUT2D eigenvalue weighted by atomic mass is 10.1. The second-order valence-corrected chi connectivity index (χ2v) is 7.20. The number of aromatic amines is 1. The molecule has 2 aromatic heterocycles. The van der Waals surface area contributed by atoms with Gasteiger partial charge in [-0.05, 0) is 44.4 Å². The van der Waals surface area contributed by atoms with E-state index in [4.69, 9.17) is 5.73 Å². The number of H-pyrrole nitrogens is 1. The van der Waals surface area contributed by atoms with Gasteiger partial charge in [-0.2, -0.15) is 0 Å². The largest absolute Gasteiger partial charge is 0.478 e. The Hall–Kier alpha value is -3.00. The van der Waals surface area contributed by atoms with Crippen LogP contribution in [0.3, 0.4) is 0 Å². The van der Waals surface area contributed by atoms with E-state index in [0.29, 0.717) is 40.7 Å². The van der Waals surface area contributed by atoms with Crippen molar-refractivity contribution in [2.75, 3.05) is 5.32 Å². The van der Waals surface area contributed by atoms with E-state index >= 15 is 0 Å². The summed E-state index contributed by atoms with van der Waals surface area (Å²) in [5.74, 6) is -0.991. The van der Waals surface area contributed by atoms with E-state index in [2.05, 4.69) is 20.3 Å². The highest BCUT2D eigenvalue weighted by atomic mass is 19.1. The van der Waals surface area contributed by atoms with Crippen LogP contribution in [0.4, 0.5) is 10.2 Å². The molecule has 0 radical (unpaired) electrons. The average Bonchev–Trinajstić information content (AvgIpc) is 3.37. The number of aromatic nitrogens is 3. The molecule has 1 aliphatic carbocycles. The minimum Gasteiger partial charge on any atom is -0.478 e. The van der Waals surface area contributed by atoms with E-state index in [-0.39, 0.29) is 11.1 Å². The Labute approximate surface area is 161 Å². The summed E-state index contributed by atoms with van der Waals surface area (Å²) >= 11 is 0. The van der Waals surface area contributed by atoms with Crippen LogP contribution in [-0.4, -0.2) is 32.1 Å². The lowest BCUT2D eigenvalue weighted by molar-refractivity contribution is 0.0695. The van der Waals surface area contributed by atoms with E-state index < -0.39 is 17.8 Å². The quantitative estimate of drug-likeness (QED) is 0.515. The molecule has 0 saturated heterocycles. The third-order valence-electron chi connectivity index (χ3n) is 5.04. The van der Waals surface area contributed by atoms with Crippen LogP contribution in [0.2, 0.25) is 0 Å². The van der Waals surface area contributed by atoms with Gasteiger partial charge in [0.2, 0.25) is 0 Å². The van der Waals surface area contributed by atoms with E-state index in [0.717, 1.165) is 18.5 Å². The first kappa shape index (κ1) is 18.4. The van der Waals surface area contributed by atoms with Gasteiger partial charge in [0, 0.05) is 17.8 Å². The molecule has 1 aromatic carbocycles. The Kier molecular flexibility index (Phi) is 4.50. The standard InChI is InChI=1S/C20H22FN5O2/c1-3-13(22)17-11(20(27)28)8-15(25-17)16-12(21)6-7-14-18(16)26-19(9(2)23-14)24-10-4-5-10/h6-8,10,13,25H,3-5,22H2,1-2H3,(H,24,26)(H,27,28). The summed E-state index contributed by atoms with van der Waals surface area (Å²) in [7, 11) is 0. The van der Waals surface area contributed by atoms with Crippen molar-refractivity contribution >= 4 is 22.8 Å². The van der Waals surface area contributed by atoms with Gasteiger partial charge in [-0.25, -0.2) is 19.2 Å². The molecule has 1 atom stereocenters. The number of aromatic carboxylic acids is 1. The van der Waals surface area contributed by atoms with Gasteiger partial charge in [0.1, 0.15) is 17.2 Å². The Bertz CT molecular complexity index is 1070. The van der Waals surface area contributed by atoms with Crippen LogP contribution in [0.5, 0.6) is 0 Å². The van der Waals surface area contributed by atoms with E-state index in [1.165, 1.54) is 12.1 Å². The molecule has 0 bridgehead atoms. The maximum Gasteiger partial charge on any atom is 0.337 e. The lowest BCUT2D eigenvalue weighted by Gasteiger charge is -2.12. The summed E-state index contributed by atoms with van der Waals surface area (Å²) in [6.45, 7) is 3.72. The second-order valence-electron chi connectivity index (χ2n) is 7.20. The van der Waals surface area contributed by atoms with Crippen molar-refractivity contribution in [1.82, 2.24) is 15.0 Å². The topological polar surface area (TPSA) is 117 Å². The van der Waals surface area contributed by atoms with Gasteiger partial charge in [0.15, 0.2) is 0 Å². The SMILES string of the molecule is CCC(N)c1[nH]c(-c2c(F)ccc3nc(C)c(NC4CC4)nc23)cc1C(=O)O. The predicted molar refractivity (Wildman–Crippen MR) is 105 cm³/mol. The third-order valence-corrected chi connectivity index (χ3v) is 5.04. The van der Waals surface area contributed by atoms with Crippen LogP contribution in [0.1, 0.15) is 54.0 Å². The van der Waals surface area contributed by atoms with Crippen LogP contribution in [0.25, 0.3) is 22.3 Å². The van der Waals surface area contributed by atoms with Crippen molar-refractivity contribution in [3.8, 4) is 11.3 Å². The lowest BCUT2D eigenvalue weighted by Crippen LogP contribution is -2.13. The van der Waals surface area contributed by atoms with E-state index in [1.54, 1.807) is 6.07 Å². The Morgan fingerprint density at radius 2 is 2.18 bits per heavy atom. The molecule has 8 heteroatoms. The molecule has 0 aliphatic heterocycles.